The van der Waals surface area contributed by atoms with E-state index in [1.807, 2.05) is 0 Å². The van der Waals surface area contributed by atoms with Crippen LogP contribution in [0, 0.1) is 43.9 Å². The number of ether oxygens (including phenoxy) is 1. The van der Waals surface area contributed by atoms with Crippen LogP contribution in [0.3, 0.4) is 0 Å². The highest BCUT2D eigenvalue weighted by Gasteiger charge is 2.71. The molecule has 22 heteroatoms. The number of hydrogen-bond donors (Lipinski definition) is 2. The fourth-order valence-electron chi connectivity index (χ4n) is 9.81. The highest BCUT2D eigenvalue weighted by Crippen LogP contribution is 2.66. The van der Waals surface area contributed by atoms with Crippen LogP contribution in [0.25, 0.3) is 0 Å². The molecule has 326 valence electrons. The number of aromatic nitrogens is 1. The van der Waals surface area contributed by atoms with E-state index in [-0.39, 0.29) is 46.2 Å². The number of benzene rings is 3. The molecule has 3 fully saturated rings. The van der Waals surface area contributed by atoms with Gasteiger partial charge in [0, 0.05) is 48.9 Å². The molecule has 4 aromatic rings. The number of allylic oxidation sites excluding steroid dienone is 2. The number of carbonyl (C=O) groups is 4. The summed E-state index contributed by atoms with van der Waals surface area (Å²) in [5, 5.41) is 36.5. The molecular formula is C41H32Cl2F3N7O10. The summed E-state index contributed by atoms with van der Waals surface area (Å²) in [6, 6.07) is 12.6. The monoisotopic (exact) mass is 909 g/mol. The van der Waals surface area contributed by atoms with E-state index in [4.69, 9.17) is 27.9 Å². The third-order valence-corrected chi connectivity index (χ3v) is 12.8. The summed E-state index contributed by atoms with van der Waals surface area (Å²) in [5.74, 6) is -10.8. The van der Waals surface area contributed by atoms with Crippen LogP contribution in [0.4, 0.5) is 41.7 Å². The van der Waals surface area contributed by atoms with Crippen LogP contribution in [-0.4, -0.2) is 69.8 Å². The third-order valence-electron chi connectivity index (χ3n) is 12.3. The smallest absolute Gasteiger partial charge is 0.417 e. The fraction of sp³-hybridized carbons (Fsp3) is 0.293. The quantitative estimate of drug-likeness (QED) is 0.0736. The molecule has 2 aliphatic carbocycles. The number of halogens is 5. The largest absolute Gasteiger partial charge is 0.508 e. The van der Waals surface area contributed by atoms with Crippen LogP contribution in [0.1, 0.15) is 35.4 Å². The zero-order chi connectivity index (χ0) is 45.6. The minimum absolute atomic E-state index is 0.0159. The Morgan fingerprint density at radius 2 is 1.60 bits per heavy atom. The van der Waals surface area contributed by atoms with Crippen molar-refractivity contribution in [3.63, 3.8) is 0 Å². The highest BCUT2D eigenvalue weighted by molar-refractivity contribution is 6.33. The molecular weight excluding hydrogens is 878 g/mol. The van der Waals surface area contributed by atoms with Gasteiger partial charge in [-0.05, 0) is 54.7 Å². The molecule has 2 saturated heterocycles. The number of nitro groups is 2. The van der Waals surface area contributed by atoms with Crippen molar-refractivity contribution in [3.05, 3.63) is 125 Å². The molecule has 0 radical (unpaired) electrons. The number of amides is 4. The predicted molar refractivity (Wildman–Crippen MR) is 218 cm³/mol. The van der Waals surface area contributed by atoms with Gasteiger partial charge in [0.15, 0.2) is 11.5 Å². The standard InChI is InChI=1S/C41H32Cl2F3N7O10/c1-49(2)34-27(52(59)60)14-21(15-28(34)53(61)62)50-36(55)23-12-11-22-24(31(23)38(50)57)16-25-37(56)51(48-35-26(43)13-19(17-47-35)41(44,45)46)39(58)40(25,18-7-9-20(42)10-8-18)33(22)32-29(54)5-4-6-30(32)63-3/h4-11,13-15,17,23-25,31,33,54H,12,16H2,1-3H3,(H,47,48)/t23-,24+,25-,31-,33+,40+/m0/s1. The number of nitrogens with one attached hydrogen (secondary N) is 1. The van der Waals surface area contributed by atoms with Crippen LogP contribution >= 0.6 is 23.2 Å². The number of hydrazine groups is 1. The van der Waals surface area contributed by atoms with Crippen LogP contribution in [0.15, 0.2) is 78.5 Å². The summed E-state index contributed by atoms with van der Waals surface area (Å²) in [4.78, 5) is 88.0. The van der Waals surface area contributed by atoms with Gasteiger partial charge < -0.3 is 14.7 Å². The Labute approximate surface area is 363 Å². The van der Waals surface area contributed by atoms with Crippen molar-refractivity contribution in [3.8, 4) is 11.5 Å². The van der Waals surface area contributed by atoms with Crippen LogP contribution in [-0.2, 0) is 30.8 Å². The molecule has 3 heterocycles. The maximum Gasteiger partial charge on any atom is 0.417 e. The Hall–Kier alpha value is -6.80. The number of anilines is 3. The second-order valence-electron chi connectivity index (χ2n) is 15.6. The number of methoxy groups -OCH3 is 1. The summed E-state index contributed by atoms with van der Waals surface area (Å²) >= 11 is 12.6. The second kappa shape index (κ2) is 15.2. The first-order chi connectivity index (χ1) is 29.7. The van der Waals surface area contributed by atoms with E-state index in [1.54, 1.807) is 6.08 Å². The number of pyridine rings is 1. The summed E-state index contributed by atoms with van der Waals surface area (Å²) in [5.41, 5.74) is -2.46. The lowest BCUT2D eigenvalue weighted by molar-refractivity contribution is -0.392. The number of phenols is 1. The van der Waals surface area contributed by atoms with Crippen molar-refractivity contribution in [2.24, 2.45) is 23.7 Å². The van der Waals surface area contributed by atoms with E-state index in [2.05, 4.69) is 10.4 Å². The number of alkyl halides is 3. The molecule has 3 aromatic carbocycles. The minimum atomic E-state index is -4.83. The molecule has 63 heavy (non-hydrogen) atoms. The maximum atomic E-state index is 15.5. The fourth-order valence-corrected chi connectivity index (χ4v) is 10.1. The van der Waals surface area contributed by atoms with E-state index in [0.717, 1.165) is 17.0 Å². The summed E-state index contributed by atoms with van der Waals surface area (Å²) in [7, 11) is 4.01. The number of fused-ring (bicyclic) bond motifs is 4. The molecule has 0 unspecified atom stereocenters. The molecule has 6 atom stereocenters. The van der Waals surface area contributed by atoms with Gasteiger partial charge in [-0.3, -0.25) is 44.8 Å². The molecule has 2 aliphatic heterocycles. The SMILES string of the molecule is COc1cccc(O)c1[C@H]1C2=CC[C@@H]3C(=O)N(c4cc([N+](=O)[O-])c(N(C)C)c([N+](=O)[O-])c4)C(=O)[C@@H]3[C@@H]2C[C@H]2C(=O)N(Nc3ncc(C(F)(F)F)cc3Cl)C(=O)[C@@]12c1ccc(Cl)cc1. The Morgan fingerprint density at radius 3 is 2.17 bits per heavy atom. The number of imide groups is 2. The summed E-state index contributed by atoms with van der Waals surface area (Å²) in [6.45, 7) is 0. The van der Waals surface area contributed by atoms with Crippen molar-refractivity contribution in [1.29, 1.82) is 0 Å². The van der Waals surface area contributed by atoms with Gasteiger partial charge in [-0.15, -0.1) is 0 Å². The lowest BCUT2D eigenvalue weighted by Crippen LogP contribution is -2.53. The van der Waals surface area contributed by atoms with Crippen LogP contribution in [0.2, 0.25) is 10.0 Å². The van der Waals surface area contributed by atoms with E-state index in [9.17, 15) is 48.1 Å². The third kappa shape index (κ3) is 6.49. The van der Waals surface area contributed by atoms with E-state index >= 15 is 9.59 Å². The lowest BCUT2D eigenvalue weighted by atomic mass is 9.49. The first kappa shape index (κ1) is 42.9. The second-order valence-corrected chi connectivity index (χ2v) is 16.4. The zero-order valence-corrected chi connectivity index (χ0v) is 34.4. The molecule has 4 amide bonds. The van der Waals surface area contributed by atoms with Gasteiger partial charge in [-0.25, -0.2) is 9.88 Å². The van der Waals surface area contributed by atoms with E-state index in [0.29, 0.717) is 27.7 Å². The van der Waals surface area contributed by atoms with Crippen molar-refractivity contribution < 1.29 is 52.0 Å². The topological polar surface area (TPSA) is 219 Å². The number of rotatable bonds is 9. The number of phenolic OH excluding ortho intramolecular Hbond substituents is 1. The number of carbonyl (C=O) groups excluding carboxylic acids is 4. The van der Waals surface area contributed by atoms with Crippen LogP contribution < -0.4 is 20.0 Å². The zero-order valence-electron chi connectivity index (χ0n) is 32.9. The molecule has 8 rings (SSSR count). The van der Waals surface area contributed by atoms with Gasteiger partial charge in [0.1, 0.15) is 11.5 Å². The molecule has 2 N–H and O–H groups in total. The lowest BCUT2D eigenvalue weighted by Gasteiger charge is -2.50. The first-order valence-electron chi connectivity index (χ1n) is 19.0. The number of hydrogen-bond acceptors (Lipinski definition) is 13. The highest BCUT2D eigenvalue weighted by atomic mass is 35.5. The van der Waals surface area contributed by atoms with Gasteiger partial charge in [0.25, 0.3) is 11.8 Å². The Balaban J connectivity index is 1.32. The average molecular weight is 911 g/mol. The summed E-state index contributed by atoms with van der Waals surface area (Å²) in [6.07, 6.45) is -3.21. The van der Waals surface area contributed by atoms with Gasteiger partial charge in [0.2, 0.25) is 11.8 Å². The molecule has 4 aliphatic rings. The Kier molecular flexibility index (Phi) is 10.4. The van der Waals surface area contributed by atoms with Gasteiger partial charge in [-0.1, -0.05) is 53.1 Å². The normalized spacial score (nSPS) is 24.1. The minimum Gasteiger partial charge on any atom is -0.508 e. The number of nitro benzene ring substituents is 2. The number of aromatic hydroxyl groups is 1. The van der Waals surface area contributed by atoms with Crippen molar-refractivity contribution in [1.82, 2.24) is 9.99 Å². The molecule has 1 saturated carbocycles. The molecule has 17 nitrogen and oxygen atoms in total. The molecule has 0 bridgehead atoms. The predicted octanol–water partition coefficient (Wildman–Crippen LogP) is 7.19. The van der Waals surface area contributed by atoms with Gasteiger partial charge in [0.05, 0.1) is 56.4 Å². The van der Waals surface area contributed by atoms with Crippen molar-refractivity contribution >= 4 is 75.4 Å². The van der Waals surface area contributed by atoms with Gasteiger partial charge in [-0.2, -0.15) is 18.2 Å². The molecule has 1 aromatic heterocycles. The van der Waals surface area contributed by atoms with Gasteiger partial charge >= 0.3 is 17.6 Å². The maximum absolute atomic E-state index is 15.5. The number of nitrogens with zero attached hydrogens (tertiary/aromatic N) is 6. The first-order valence-corrected chi connectivity index (χ1v) is 19.7. The van der Waals surface area contributed by atoms with Crippen LogP contribution in [0.5, 0.6) is 11.5 Å². The van der Waals surface area contributed by atoms with E-state index in [1.165, 1.54) is 63.7 Å². The Bertz CT molecular complexity index is 2680. The average Bonchev–Trinajstić information content (AvgIpc) is 3.61. The summed E-state index contributed by atoms with van der Waals surface area (Å²) < 4.78 is 46.4. The van der Waals surface area contributed by atoms with Crippen molar-refractivity contribution in [2.45, 2.75) is 30.4 Å². The van der Waals surface area contributed by atoms with E-state index < -0.39 is 108 Å². The van der Waals surface area contributed by atoms with Crippen molar-refractivity contribution in [2.75, 3.05) is 36.4 Å². The molecule has 0 spiro atoms. The Morgan fingerprint density at radius 1 is 0.952 bits per heavy atom.